The maximum Gasteiger partial charge on any atom is 0.326 e. The predicted molar refractivity (Wildman–Crippen MR) is 64.1 cm³/mol. The van der Waals surface area contributed by atoms with Gasteiger partial charge in [-0.05, 0) is 18.8 Å². The number of aliphatic carboxylic acids is 1. The third kappa shape index (κ3) is 3.40. The fourth-order valence-electron chi connectivity index (χ4n) is 2.14. The molecule has 1 rings (SSSR count). The fraction of sp³-hybridized carbons (Fsp3) is 0.917. The van der Waals surface area contributed by atoms with Crippen LogP contribution in [0.4, 0.5) is 0 Å². The average Bonchev–Trinajstić information content (AvgIpc) is 2.76. The first-order valence-corrected chi connectivity index (χ1v) is 6.12. The molecule has 1 saturated heterocycles. The van der Waals surface area contributed by atoms with E-state index in [0.29, 0.717) is 6.54 Å². The van der Waals surface area contributed by atoms with Crippen LogP contribution in [0.3, 0.4) is 0 Å². The van der Waals surface area contributed by atoms with Crippen molar-refractivity contribution in [1.82, 2.24) is 5.32 Å². The van der Waals surface area contributed by atoms with E-state index in [0.717, 1.165) is 19.4 Å². The van der Waals surface area contributed by atoms with Crippen molar-refractivity contribution < 1.29 is 19.4 Å². The van der Waals surface area contributed by atoms with Crippen LogP contribution in [-0.2, 0) is 14.3 Å². The first-order valence-electron chi connectivity index (χ1n) is 6.12. The van der Waals surface area contributed by atoms with E-state index in [1.165, 1.54) is 7.11 Å². The lowest BCUT2D eigenvalue weighted by molar-refractivity contribution is -0.150. The maximum absolute atomic E-state index is 11.5. The second kappa shape index (κ2) is 6.33. The van der Waals surface area contributed by atoms with Crippen molar-refractivity contribution in [2.45, 2.75) is 38.3 Å². The first-order chi connectivity index (χ1) is 8.03. The molecule has 5 heteroatoms. The van der Waals surface area contributed by atoms with Gasteiger partial charge >= 0.3 is 5.97 Å². The van der Waals surface area contributed by atoms with Crippen LogP contribution in [0.15, 0.2) is 0 Å². The smallest absolute Gasteiger partial charge is 0.326 e. The lowest BCUT2D eigenvalue weighted by Crippen LogP contribution is -2.60. The monoisotopic (exact) mass is 245 g/mol. The number of carboxylic acid groups (broad SMARTS) is 1. The molecule has 17 heavy (non-hydrogen) atoms. The third-order valence-electron chi connectivity index (χ3n) is 3.41. The molecule has 0 spiro atoms. The molecule has 0 aromatic rings. The largest absolute Gasteiger partial charge is 0.480 e. The molecule has 0 aromatic heterocycles. The highest BCUT2D eigenvalue weighted by molar-refractivity contribution is 5.79. The summed E-state index contributed by atoms with van der Waals surface area (Å²) in [5.74, 6) is -0.923. The lowest BCUT2D eigenvalue weighted by atomic mass is 9.87. The Hall–Kier alpha value is -0.650. The number of hydrogen-bond donors (Lipinski definition) is 2. The molecule has 2 N–H and O–H groups in total. The van der Waals surface area contributed by atoms with Crippen molar-refractivity contribution in [3.63, 3.8) is 0 Å². The molecule has 0 aromatic carbocycles. The Morgan fingerprint density at radius 3 is 2.76 bits per heavy atom. The number of nitrogens with one attached hydrogen (secondary N) is 1. The van der Waals surface area contributed by atoms with Crippen molar-refractivity contribution in [2.24, 2.45) is 5.92 Å². The topological polar surface area (TPSA) is 67.8 Å². The Balaban J connectivity index is 2.63. The van der Waals surface area contributed by atoms with E-state index in [1.54, 1.807) is 0 Å². The molecule has 1 aliphatic heterocycles. The van der Waals surface area contributed by atoms with E-state index in [4.69, 9.17) is 9.47 Å². The molecule has 1 heterocycles. The molecule has 5 nitrogen and oxygen atoms in total. The van der Waals surface area contributed by atoms with Gasteiger partial charge in [0.25, 0.3) is 0 Å². The minimum absolute atomic E-state index is 0.0543. The Kier molecular flexibility index (Phi) is 5.36. The fourth-order valence-corrected chi connectivity index (χ4v) is 2.14. The first kappa shape index (κ1) is 14.4. The molecular formula is C12H23NO4. The predicted octanol–water partition coefficient (Wildman–Crippen LogP) is 0.881. The van der Waals surface area contributed by atoms with Gasteiger partial charge in [-0.3, -0.25) is 10.1 Å². The lowest BCUT2D eigenvalue weighted by Gasteiger charge is -2.34. The van der Waals surface area contributed by atoms with Crippen LogP contribution in [0, 0.1) is 5.92 Å². The standard InChI is InChI=1S/C12H23NO4/c1-9(2)12(8-16-3,11(14)15)13-7-10-5-4-6-17-10/h9-10,13H,4-8H2,1-3H3,(H,14,15). The summed E-state index contributed by atoms with van der Waals surface area (Å²) in [5, 5.41) is 12.5. The number of methoxy groups -OCH3 is 1. The summed E-state index contributed by atoms with van der Waals surface area (Å²) in [7, 11) is 1.52. The normalized spacial score (nSPS) is 23.9. The second-order valence-corrected chi connectivity index (χ2v) is 4.88. The van der Waals surface area contributed by atoms with Gasteiger partial charge in [-0.15, -0.1) is 0 Å². The highest BCUT2D eigenvalue weighted by atomic mass is 16.5. The number of rotatable bonds is 7. The number of hydrogen-bond acceptors (Lipinski definition) is 4. The van der Waals surface area contributed by atoms with Crippen molar-refractivity contribution in [2.75, 3.05) is 26.9 Å². The van der Waals surface area contributed by atoms with Gasteiger partial charge < -0.3 is 14.6 Å². The summed E-state index contributed by atoms with van der Waals surface area (Å²) in [6, 6.07) is 0. The van der Waals surface area contributed by atoms with E-state index in [-0.39, 0.29) is 18.6 Å². The van der Waals surface area contributed by atoms with Crippen LogP contribution in [-0.4, -0.2) is 49.6 Å². The zero-order valence-corrected chi connectivity index (χ0v) is 10.9. The van der Waals surface area contributed by atoms with E-state index < -0.39 is 11.5 Å². The van der Waals surface area contributed by atoms with Crippen LogP contribution >= 0.6 is 0 Å². The summed E-state index contributed by atoms with van der Waals surface area (Å²) in [6.45, 7) is 5.27. The van der Waals surface area contributed by atoms with Gasteiger partial charge in [0, 0.05) is 20.3 Å². The maximum atomic E-state index is 11.5. The number of carboxylic acids is 1. The zero-order valence-electron chi connectivity index (χ0n) is 10.9. The van der Waals surface area contributed by atoms with Gasteiger partial charge in [-0.1, -0.05) is 13.8 Å². The summed E-state index contributed by atoms with van der Waals surface area (Å²) in [4.78, 5) is 11.5. The Labute approximate surface area is 102 Å². The van der Waals surface area contributed by atoms with Crippen LogP contribution in [0.25, 0.3) is 0 Å². The number of carbonyl (C=O) groups is 1. The highest BCUT2D eigenvalue weighted by Gasteiger charge is 2.42. The summed E-state index contributed by atoms with van der Waals surface area (Å²) >= 11 is 0. The van der Waals surface area contributed by atoms with Crippen LogP contribution in [0.2, 0.25) is 0 Å². The van der Waals surface area contributed by atoms with E-state index in [2.05, 4.69) is 5.32 Å². The van der Waals surface area contributed by atoms with Crippen molar-refractivity contribution in [3.05, 3.63) is 0 Å². The van der Waals surface area contributed by atoms with Crippen molar-refractivity contribution in [1.29, 1.82) is 0 Å². The highest BCUT2D eigenvalue weighted by Crippen LogP contribution is 2.20. The molecule has 1 aliphatic rings. The van der Waals surface area contributed by atoms with Gasteiger partial charge in [0.15, 0.2) is 0 Å². The quantitative estimate of drug-likeness (QED) is 0.697. The second-order valence-electron chi connectivity index (χ2n) is 4.88. The molecule has 0 amide bonds. The molecule has 2 atom stereocenters. The summed E-state index contributed by atoms with van der Waals surface area (Å²) in [5.41, 5.74) is -1.03. The van der Waals surface area contributed by atoms with Gasteiger partial charge in [-0.25, -0.2) is 0 Å². The van der Waals surface area contributed by atoms with Gasteiger partial charge in [0.2, 0.25) is 0 Å². The van der Waals surface area contributed by atoms with Crippen LogP contribution in [0.5, 0.6) is 0 Å². The van der Waals surface area contributed by atoms with Gasteiger partial charge in [0.05, 0.1) is 12.7 Å². The van der Waals surface area contributed by atoms with Crippen LogP contribution < -0.4 is 5.32 Å². The minimum Gasteiger partial charge on any atom is -0.480 e. The Morgan fingerprint density at radius 2 is 2.35 bits per heavy atom. The molecule has 0 bridgehead atoms. The average molecular weight is 245 g/mol. The summed E-state index contributed by atoms with van der Waals surface area (Å²) in [6.07, 6.45) is 2.18. The Morgan fingerprint density at radius 1 is 1.65 bits per heavy atom. The van der Waals surface area contributed by atoms with Crippen molar-refractivity contribution in [3.8, 4) is 0 Å². The molecule has 0 aliphatic carbocycles. The molecule has 1 fully saturated rings. The van der Waals surface area contributed by atoms with Gasteiger partial charge in [0.1, 0.15) is 5.54 Å². The SMILES string of the molecule is COCC(NCC1CCCO1)(C(=O)O)C(C)C. The van der Waals surface area contributed by atoms with Crippen molar-refractivity contribution >= 4 is 5.97 Å². The van der Waals surface area contributed by atoms with E-state index in [9.17, 15) is 9.90 Å². The molecule has 100 valence electrons. The number of ether oxygens (including phenoxy) is 2. The van der Waals surface area contributed by atoms with E-state index in [1.807, 2.05) is 13.8 Å². The zero-order chi connectivity index (χ0) is 12.9. The van der Waals surface area contributed by atoms with Crippen LogP contribution in [0.1, 0.15) is 26.7 Å². The molecule has 2 unspecified atom stereocenters. The molecular weight excluding hydrogens is 222 g/mol. The minimum atomic E-state index is -1.03. The molecule has 0 saturated carbocycles. The third-order valence-corrected chi connectivity index (χ3v) is 3.41. The van der Waals surface area contributed by atoms with Gasteiger partial charge in [-0.2, -0.15) is 0 Å². The summed E-state index contributed by atoms with van der Waals surface area (Å²) < 4.78 is 10.6. The molecule has 0 radical (unpaired) electrons. The Bertz CT molecular complexity index is 251. The van der Waals surface area contributed by atoms with E-state index >= 15 is 0 Å².